The van der Waals surface area contributed by atoms with Gasteiger partial charge in [0.05, 0.1) is 6.07 Å². The molecule has 0 saturated carbocycles. The first kappa shape index (κ1) is 14.2. The topological polar surface area (TPSA) is 64.3 Å². The van der Waals surface area contributed by atoms with Crippen LogP contribution in [0.2, 0.25) is 0 Å². The second-order valence-corrected chi connectivity index (χ2v) is 4.07. The molecule has 0 bridgehead atoms. The van der Waals surface area contributed by atoms with Crippen LogP contribution in [0, 0.1) is 11.3 Å². The Hall–Kier alpha value is -1.86. The van der Waals surface area contributed by atoms with Crippen molar-refractivity contribution >= 4 is 5.91 Å². The van der Waals surface area contributed by atoms with E-state index in [1.54, 1.807) is 4.90 Å². The second-order valence-electron chi connectivity index (χ2n) is 4.07. The molecule has 4 nitrogen and oxygen atoms in total. The third kappa shape index (κ3) is 4.98. The van der Waals surface area contributed by atoms with Crippen molar-refractivity contribution in [1.29, 1.82) is 5.26 Å². The van der Waals surface area contributed by atoms with Crippen LogP contribution in [0.5, 0.6) is 0 Å². The molecule has 1 amide bonds. The number of benzene rings is 1. The lowest BCUT2D eigenvalue weighted by atomic mass is 10.2. The summed E-state index contributed by atoms with van der Waals surface area (Å²) in [6.45, 7) is 0.670. The summed E-state index contributed by atoms with van der Waals surface area (Å²) in [5, 5.41) is 17.4. The molecule has 0 spiro atoms. The number of unbranched alkanes of at least 4 members (excludes halogenated alkanes) is 1. The quantitative estimate of drug-likeness (QED) is 0.588. The summed E-state index contributed by atoms with van der Waals surface area (Å²) in [5.41, 5.74) is 1.02. The largest absolute Gasteiger partial charge is 0.396 e. The molecule has 1 aromatic rings. The Labute approximate surface area is 107 Å². The molecule has 0 aliphatic carbocycles. The van der Waals surface area contributed by atoms with Crippen LogP contribution in [0.15, 0.2) is 30.3 Å². The lowest BCUT2D eigenvalue weighted by molar-refractivity contribution is -0.131. The van der Waals surface area contributed by atoms with Crippen LogP contribution in [-0.2, 0) is 11.3 Å². The molecule has 4 heteroatoms. The van der Waals surface area contributed by atoms with Gasteiger partial charge in [0, 0.05) is 19.6 Å². The van der Waals surface area contributed by atoms with Crippen LogP contribution >= 0.6 is 0 Å². The number of aliphatic hydroxyl groups excluding tert-OH is 1. The zero-order valence-corrected chi connectivity index (χ0v) is 10.4. The molecule has 0 radical (unpaired) electrons. The Kier molecular flexibility index (Phi) is 6.52. The summed E-state index contributed by atoms with van der Waals surface area (Å²) in [5.74, 6) is -0.0335. The maximum Gasteiger partial charge on any atom is 0.223 e. The lowest BCUT2D eigenvalue weighted by Gasteiger charge is -2.19. The van der Waals surface area contributed by atoms with Crippen LogP contribution in [0.3, 0.4) is 0 Å². The van der Waals surface area contributed by atoms with E-state index in [0.29, 0.717) is 25.8 Å². The van der Waals surface area contributed by atoms with E-state index in [1.807, 2.05) is 36.4 Å². The van der Waals surface area contributed by atoms with Crippen molar-refractivity contribution in [2.75, 3.05) is 13.2 Å². The zero-order chi connectivity index (χ0) is 13.2. The molecule has 0 atom stereocenters. The molecule has 0 heterocycles. The third-order valence-electron chi connectivity index (χ3n) is 2.63. The molecule has 0 aromatic heterocycles. The van der Waals surface area contributed by atoms with E-state index in [1.165, 1.54) is 0 Å². The smallest absolute Gasteiger partial charge is 0.223 e. The normalized spacial score (nSPS) is 9.78. The number of hydrogen-bond acceptors (Lipinski definition) is 3. The van der Waals surface area contributed by atoms with Crippen molar-refractivity contribution in [2.45, 2.75) is 25.8 Å². The second kappa shape index (κ2) is 8.26. The van der Waals surface area contributed by atoms with Gasteiger partial charge < -0.3 is 10.0 Å². The van der Waals surface area contributed by atoms with Crippen LogP contribution in [-0.4, -0.2) is 29.1 Å². The Morgan fingerprint density at radius 2 is 2.00 bits per heavy atom. The van der Waals surface area contributed by atoms with Gasteiger partial charge in [0.2, 0.25) is 5.91 Å². The highest BCUT2D eigenvalue weighted by molar-refractivity contribution is 5.76. The number of aliphatic hydroxyl groups is 1. The van der Waals surface area contributed by atoms with Gasteiger partial charge in [-0.05, 0) is 18.4 Å². The minimum absolute atomic E-state index is 0.0335. The van der Waals surface area contributed by atoms with E-state index in [0.717, 1.165) is 5.56 Å². The Balaban J connectivity index is 2.54. The maximum atomic E-state index is 11.9. The number of rotatable bonds is 7. The zero-order valence-electron chi connectivity index (χ0n) is 10.4. The number of hydrogen-bond donors (Lipinski definition) is 1. The van der Waals surface area contributed by atoms with Crippen molar-refractivity contribution in [1.82, 2.24) is 4.90 Å². The van der Waals surface area contributed by atoms with E-state index in [2.05, 4.69) is 0 Å². The molecule has 1 aromatic carbocycles. The summed E-state index contributed by atoms with van der Waals surface area (Å²) in [6, 6.07) is 11.6. The number of nitriles is 1. The van der Waals surface area contributed by atoms with Crippen molar-refractivity contribution < 1.29 is 9.90 Å². The van der Waals surface area contributed by atoms with Crippen LogP contribution < -0.4 is 0 Å². The SMILES string of the molecule is N#CCN(Cc1ccccc1)C(=O)CCCCO. The van der Waals surface area contributed by atoms with E-state index in [-0.39, 0.29) is 19.1 Å². The van der Waals surface area contributed by atoms with E-state index in [4.69, 9.17) is 10.4 Å². The molecular formula is C14H18N2O2. The van der Waals surface area contributed by atoms with E-state index < -0.39 is 0 Å². The van der Waals surface area contributed by atoms with Crippen LogP contribution in [0.25, 0.3) is 0 Å². The summed E-state index contributed by atoms with van der Waals surface area (Å²) >= 11 is 0. The minimum Gasteiger partial charge on any atom is -0.396 e. The molecule has 0 aliphatic heterocycles. The van der Waals surface area contributed by atoms with Gasteiger partial charge in [-0.2, -0.15) is 5.26 Å². The van der Waals surface area contributed by atoms with Gasteiger partial charge in [0.15, 0.2) is 0 Å². The fourth-order valence-corrected chi connectivity index (χ4v) is 1.67. The molecule has 1 N–H and O–H groups in total. The first-order valence-electron chi connectivity index (χ1n) is 6.07. The van der Waals surface area contributed by atoms with Gasteiger partial charge in [-0.3, -0.25) is 4.79 Å². The highest BCUT2D eigenvalue weighted by Crippen LogP contribution is 2.07. The Morgan fingerprint density at radius 3 is 2.61 bits per heavy atom. The molecule has 0 saturated heterocycles. The Bertz CT molecular complexity index is 398. The van der Waals surface area contributed by atoms with Gasteiger partial charge in [0.1, 0.15) is 6.54 Å². The first-order valence-corrected chi connectivity index (χ1v) is 6.07. The van der Waals surface area contributed by atoms with Crippen molar-refractivity contribution in [3.8, 4) is 6.07 Å². The average molecular weight is 246 g/mol. The van der Waals surface area contributed by atoms with Crippen molar-refractivity contribution in [2.24, 2.45) is 0 Å². The number of amides is 1. The first-order chi connectivity index (χ1) is 8.77. The highest BCUT2D eigenvalue weighted by Gasteiger charge is 2.12. The molecule has 96 valence electrons. The predicted molar refractivity (Wildman–Crippen MR) is 68.4 cm³/mol. The number of carbonyl (C=O) groups is 1. The van der Waals surface area contributed by atoms with Crippen molar-refractivity contribution in [3.63, 3.8) is 0 Å². The fraction of sp³-hybridized carbons (Fsp3) is 0.429. The standard InChI is InChI=1S/C14H18N2O2/c15-9-10-16(14(18)8-4-5-11-17)12-13-6-2-1-3-7-13/h1-3,6-7,17H,4-5,8,10-12H2. The lowest BCUT2D eigenvalue weighted by Crippen LogP contribution is -2.30. The molecular weight excluding hydrogens is 228 g/mol. The highest BCUT2D eigenvalue weighted by atomic mass is 16.3. The summed E-state index contributed by atoms with van der Waals surface area (Å²) in [7, 11) is 0. The number of nitrogens with zero attached hydrogens (tertiary/aromatic N) is 2. The van der Waals surface area contributed by atoms with Gasteiger partial charge >= 0.3 is 0 Å². The summed E-state index contributed by atoms with van der Waals surface area (Å²) in [6.07, 6.45) is 1.67. The molecule has 0 fully saturated rings. The van der Waals surface area contributed by atoms with Crippen molar-refractivity contribution in [3.05, 3.63) is 35.9 Å². The Morgan fingerprint density at radius 1 is 1.28 bits per heavy atom. The fourth-order valence-electron chi connectivity index (χ4n) is 1.67. The maximum absolute atomic E-state index is 11.9. The third-order valence-corrected chi connectivity index (χ3v) is 2.63. The number of carbonyl (C=O) groups excluding carboxylic acids is 1. The monoisotopic (exact) mass is 246 g/mol. The van der Waals surface area contributed by atoms with Crippen LogP contribution in [0.1, 0.15) is 24.8 Å². The van der Waals surface area contributed by atoms with Gasteiger partial charge in [-0.25, -0.2) is 0 Å². The molecule has 0 unspecified atom stereocenters. The summed E-state index contributed by atoms with van der Waals surface area (Å²) in [4.78, 5) is 13.5. The van der Waals surface area contributed by atoms with Gasteiger partial charge in [0.25, 0.3) is 0 Å². The van der Waals surface area contributed by atoms with Gasteiger partial charge in [-0.15, -0.1) is 0 Å². The van der Waals surface area contributed by atoms with E-state index >= 15 is 0 Å². The molecule has 0 aliphatic rings. The van der Waals surface area contributed by atoms with Crippen LogP contribution in [0.4, 0.5) is 0 Å². The average Bonchev–Trinajstić information content (AvgIpc) is 2.39. The minimum atomic E-state index is -0.0335. The predicted octanol–water partition coefficient (Wildman–Crippen LogP) is 1.70. The van der Waals surface area contributed by atoms with E-state index in [9.17, 15) is 4.79 Å². The molecule has 18 heavy (non-hydrogen) atoms. The molecule has 1 rings (SSSR count). The summed E-state index contributed by atoms with van der Waals surface area (Å²) < 4.78 is 0. The van der Waals surface area contributed by atoms with Gasteiger partial charge in [-0.1, -0.05) is 30.3 Å².